The molecule has 12 nitrogen and oxygen atoms in total. The van der Waals surface area contributed by atoms with E-state index in [4.69, 9.17) is 23.7 Å². The summed E-state index contributed by atoms with van der Waals surface area (Å²) in [6, 6.07) is 0. The van der Waals surface area contributed by atoms with Gasteiger partial charge in [0.2, 0.25) is 0 Å². The number of aliphatic hydroxyl groups is 2. The van der Waals surface area contributed by atoms with Crippen LogP contribution in [0, 0.1) is 0 Å². The Bertz CT molecular complexity index is 1920. The van der Waals surface area contributed by atoms with Gasteiger partial charge in [-0.1, -0.05) is 225 Å². The lowest BCUT2D eigenvalue weighted by atomic mass is 9.98. The minimum Gasteiger partial charge on any atom is -0.479 e. The molecule has 0 spiro atoms. The molecule has 0 aromatic heterocycles. The van der Waals surface area contributed by atoms with Gasteiger partial charge in [-0.2, -0.15) is 0 Å². The van der Waals surface area contributed by atoms with E-state index in [2.05, 4.69) is 130 Å². The maximum absolute atomic E-state index is 13.1. The number of carbonyl (C=O) groups excluding carboxylic acids is 3. The van der Waals surface area contributed by atoms with Gasteiger partial charge < -0.3 is 39.0 Å². The van der Waals surface area contributed by atoms with Gasteiger partial charge in [-0.15, -0.1) is 0 Å². The van der Waals surface area contributed by atoms with Crippen LogP contribution in [0.5, 0.6) is 0 Å². The molecule has 1 saturated heterocycles. The summed E-state index contributed by atoms with van der Waals surface area (Å²) >= 11 is 0. The van der Waals surface area contributed by atoms with Crippen LogP contribution in [-0.4, -0.2) is 89.2 Å². The summed E-state index contributed by atoms with van der Waals surface area (Å²) in [5, 5.41) is 31.6. The van der Waals surface area contributed by atoms with Gasteiger partial charge in [-0.3, -0.25) is 14.4 Å². The van der Waals surface area contributed by atoms with Crippen LogP contribution in [0.4, 0.5) is 0 Å². The van der Waals surface area contributed by atoms with E-state index in [1.807, 2.05) is 18.2 Å². The molecule has 1 heterocycles. The van der Waals surface area contributed by atoms with Crippen LogP contribution in [0.1, 0.15) is 226 Å². The molecule has 3 N–H and O–H groups in total. The summed E-state index contributed by atoms with van der Waals surface area (Å²) < 4.78 is 28.3. The Kier molecular flexibility index (Phi) is 50.5. The molecule has 0 amide bonds. The van der Waals surface area contributed by atoms with Crippen LogP contribution >= 0.6 is 0 Å². The van der Waals surface area contributed by atoms with Gasteiger partial charge in [0, 0.05) is 12.8 Å². The number of ether oxygens (including phenoxy) is 5. The molecule has 0 aliphatic carbocycles. The first-order valence-electron chi connectivity index (χ1n) is 31.2. The van der Waals surface area contributed by atoms with E-state index in [1.54, 1.807) is 6.08 Å². The third-order valence-electron chi connectivity index (χ3n) is 13.2. The van der Waals surface area contributed by atoms with Crippen LogP contribution in [-0.2, 0) is 42.9 Å². The number of carboxylic acid groups (broad SMARTS) is 1. The predicted octanol–water partition coefficient (Wildman–Crippen LogP) is 16.6. The molecule has 456 valence electrons. The van der Waals surface area contributed by atoms with Crippen molar-refractivity contribution in [1.82, 2.24) is 0 Å². The number of carbonyl (C=O) groups is 4. The average Bonchev–Trinajstić information content (AvgIpc) is 3.52. The molecular weight excluding hydrogens is 1020 g/mol. The van der Waals surface area contributed by atoms with Crippen LogP contribution in [0.2, 0.25) is 0 Å². The lowest BCUT2D eigenvalue weighted by molar-refractivity contribution is -0.301. The second-order valence-electron chi connectivity index (χ2n) is 20.6. The normalized spacial score (nSPS) is 18.7. The highest BCUT2D eigenvalue weighted by atomic mass is 16.7. The smallest absolute Gasteiger partial charge is 0.335 e. The van der Waals surface area contributed by atoms with E-state index < -0.39 is 67.3 Å². The van der Waals surface area contributed by atoms with Crippen molar-refractivity contribution in [2.45, 2.75) is 263 Å². The lowest BCUT2D eigenvalue weighted by Gasteiger charge is -2.40. The van der Waals surface area contributed by atoms with Gasteiger partial charge in [-0.25, -0.2) is 4.79 Å². The third kappa shape index (κ3) is 45.1. The maximum atomic E-state index is 13.1. The van der Waals surface area contributed by atoms with Gasteiger partial charge in [0.15, 0.2) is 24.6 Å². The van der Waals surface area contributed by atoms with Crippen LogP contribution in [0.3, 0.4) is 0 Å². The highest BCUT2D eigenvalue weighted by Crippen LogP contribution is 2.26. The van der Waals surface area contributed by atoms with E-state index in [0.29, 0.717) is 19.3 Å². The first kappa shape index (κ1) is 73.9. The quantitative estimate of drug-likeness (QED) is 0.0228. The highest BCUT2D eigenvalue weighted by Gasteiger charge is 2.50. The van der Waals surface area contributed by atoms with E-state index in [9.17, 15) is 34.5 Å². The largest absolute Gasteiger partial charge is 0.479 e. The van der Waals surface area contributed by atoms with Gasteiger partial charge >= 0.3 is 23.9 Å². The summed E-state index contributed by atoms with van der Waals surface area (Å²) in [6.07, 6.45) is 65.8. The summed E-state index contributed by atoms with van der Waals surface area (Å²) in [5.41, 5.74) is 0. The first-order chi connectivity index (χ1) is 39.6. The van der Waals surface area contributed by atoms with E-state index >= 15 is 0 Å². The number of aliphatic carboxylic acids is 1. The number of unbranched alkanes of at least 4 members (excludes halogenated alkanes) is 16. The van der Waals surface area contributed by atoms with Crippen molar-refractivity contribution in [3.05, 3.63) is 134 Å². The van der Waals surface area contributed by atoms with Gasteiger partial charge in [0.25, 0.3) is 0 Å². The van der Waals surface area contributed by atoms with E-state index in [0.717, 1.165) is 135 Å². The molecule has 0 aromatic rings. The van der Waals surface area contributed by atoms with E-state index in [-0.39, 0.29) is 25.9 Å². The monoisotopic (exact) mass is 1130 g/mol. The predicted molar refractivity (Wildman–Crippen MR) is 330 cm³/mol. The number of carboxylic acids is 1. The molecule has 0 bridgehead atoms. The molecule has 1 rings (SSSR count). The minimum atomic E-state index is -1.93. The fourth-order valence-corrected chi connectivity index (χ4v) is 8.52. The summed E-state index contributed by atoms with van der Waals surface area (Å²) in [6.45, 7) is 5.64. The summed E-state index contributed by atoms with van der Waals surface area (Å²) in [5.74, 6) is -3.33. The second kappa shape index (κ2) is 55.4. The summed E-state index contributed by atoms with van der Waals surface area (Å²) in [7, 11) is 0. The Hall–Kier alpha value is -5.14. The standard InChI is InChI=1S/C69H108O12/c1-4-7-10-13-16-19-22-25-28-30-31-33-36-39-42-45-48-51-54-57-63(72)80-67-65(74)64(73)66(68(75)76)81-69(67)78-59-60(79-62(71)56-53-50-47-44-41-38-34-27-24-21-18-15-12-9-6-3)58-77-61(70)55-52-49-46-43-40-37-35-32-29-26-23-20-17-14-11-8-5-2/h7,9-10,12,16-21,25-29,31,33-34,41,44,50,53,60,64-67,69,73-74H,4-6,8,11,13-15,22-24,30,32,35-40,42-43,45-49,51-52,54-59H2,1-3H3,(H,75,76)/b10-7-,12-9-,19-16-,20-17-,21-18-,28-25-,29-26-,33-31-,34-27-,44-41-,53-50-. The molecule has 1 fully saturated rings. The lowest BCUT2D eigenvalue weighted by Crippen LogP contribution is -2.61. The highest BCUT2D eigenvalue weighted by molar-refractivity contribution is 5.74. The van der Waals surface area contributed by atoms with Gasteiger partial charge in [-0.05, 0) is 116 Å². The number of esters is 3. The number of aliphatic hydroxyl groups excluding tert-OH is 2. The molecular formula is C69H108O12. The van der Waals surface area contributed by atoms with Crippen molar-refractivity contribution in [1.29, 1.82) is 0 Å². The number of allylic oxidation sites excluding steroid dienone is 21. The SMILES string of the molecule is CC/C=C\C/C=C\C/C=C\C/C=C\C/C=C\CC(=O)OC(COC(=O)CCCCCCCCC/C=C\C/C=C\CCCCC)COC1OC(C(=O)O)C(O)C(O)C1OC(=O)CCCCCCCC/C=C\C/C=C\C/C=C\C/C=C\CC. The molecule has 81 heavy (non-hydrogen) atoms. The van der Waals surface area contributed by atoms with Crippen molar-refractivity contribution in [3.8, 4) is 0 Å². The van der Waals surface area contributed by atoms with Crippen molar-refractivity contribution in [2.75, 3.05) is 13.2 Å². The topological polar surface area (TPSA) is 175 Å². The third-order valence-corrected chi connectivity index (χ3v) is 13.2. The number of hydrogen-bond donors (Lipinski definition) is 3. The zero-order valence-corrected chi connectivity index (χ0v) is 50.2. The Balaban J connectivity index is 2.73. The van der Waals surface area contributed by atoms with Crippen LogP contribution in [0.25, 0.3) is 0 Å². The number of hydrogen-bond acceptors (Lipinski definition) is 11. The molecule has 1 aliphatic rings. The van der Waals surface area contributed by atoms with Crippen molar-refractivity contribution >= 4 is 23.9 Å². The Morgan fingerprint density at radius 3 is 1.25 bits per heavy atom. The Morgan fingerprint density at radius 1 is 0.432 bits per heavy atom. The van der Waals surface area contributed by atoms with E-state index in [1.165, 1.54) is 32.1 Å². The van der Waals surface area contributed by atoms with Crippen molar-refractivity contribution < 1.29 is 58.2 Å². The molecule has 0 aromatic carbocycles. The molecule has 12 heteroatoms. The fraction of sp³-hybridized carbons (Fsp3) is 0.623. The Morgan fingerprint density at radius 2 is 0.815 bits per heavy atom. The first-order valence-corrected chi connectivity index (χ1v) is 31.2. The zero-order chi connectivity index (χ0) is 58.9. The molecule has 0 radical (unpaired) electrons. The van der Waals surface area contributed by atoms with Gasteiger partial charge in [0.1, 0.15) is 18.8 Å². The van der Waals surface area contributed by atoms with Gasteiger partial charge in [0.05, 0.1) is 13.0 Å². The average molecular weight is 1130 g/mol. The minimum absolute atomic E-state index is 0.0257. The molecule has 0 saturated carbocycles. The Labute approximate surface area is 490 Å². The fourth-order valence-electron chi connectivity index (χ4n) is 8.52. The maximum Gasteiger partial charge on any atom is 0.335 e. The zero-order valence-electron chi connectivity index (χ0n) is 50.2. The summed E-state index contributed by atoms with van der Waals surface area (Å²) in [4.78, 5) is 51.2. The van der Waals surface area contributed by atoms with Crippen LogP contribution in [0.15, 0.2) is 134 Å². The molecule has 6 unspecified atom stereocenters. The molecule has 1 aliphatic heterocycles. The van der Waals surface area contributed by atoms with Crippen molar-refractivity contribution in [2.24, 2.45) is 0 Å². The second-order valence-corrected chi connectivity index (χ2v) is 20.6. The molecule has 6 atom stereocenters. The van der Waals surface area contributed by atoms with Crippen molar-refractivity contribution in [3.63, 3.8) is 0 Å². The van der Waals surface area contributed by atoms with Crippen LogP contribution < -0.4 is 0 Å². The number of rotatable bonds is 51.